The van der Waals surface area contributed by atoms with E-state index in [-0.39, 0.29) is 27.5 Å². The summed E-state index contributed by atoms with van der Waals surface area (Å²) in [7, 11) is -3.83. The molecule has 160 valence electrons. The molecular weight excluding hydrogens is 425 g/mol. The van der Waals surface area contributed by atoms with Crippen LogP contribution >= 0.6 is 11.8 Å². The number of nitrogens with one attached hydrogen (secondary N) is 2. The number of sulfonamides is 1. The lowest BCUT2D eigenvalue weighted by molar-refractivity contribution is -0.115. The molecule has 0 bridgehead atoms. The first kappa shape index (κ1) is 21.1. The molecule has 2 aromatic rings. The number of aryl methyl sites for hydroxylation is 1. The van der Waals surface area contributed by atoms with Gasteiger partial charge in [0.2, 0.25) is 5.91 Å². The fourth-order valence-corrected chi connectivity index (χ4v) is 6.70. The second-order valence-electron chi connectivity index (χ2n) is 7.62. The van der Waals surface area contributed by atoms with Crippen molar-refractivity contribution in [3.05, 3.63) is 53.8 Å². The summed E-state index contributed by atoms with van der Waals surface area (Å²) in [5.74, 6) is -0.589. The Bertz CT molecular complexity index is 1060. The highest BCUT2D eigenvalue weighted by molar-refractivity contribution is 8.01. The first-order valence-electron chi connectivity index (χ1n) is 9.89. The Hall–Kier alpha value is -2.10. The van der Waals surface area contributed by atoms with Crippen molar-refractivity contribution in [2.75, 3.05) is 16.2 Å². The van der Waals surface area contributed by atoms with E-state index >= 15 is 0 Å². The van der Waals surface area contributed by atoms with Gasteiger partial charge in [-0.25, -0.2) is 12.8 Å². The molecule has 2 N–H and O–H groups in total. The summed E-state index contributed by atoms with van der Waals surface area (Å²) in [5.41, 5.74) is 2.03. The van der Waals surface area contributed by atoms with Gasteiger partial charge >= 0.3 is 0 Å². The minimum absolute atomic E-state index is 0.0439. The molecule has 0 aromatic heterocycles. The van der Waals surface area contributed by atoms with Gasteiger partial charge in [0.15, 0.2) is 0 Å². The lowest BCUT2D eigenvalue weighted by Crippen LogP contribution is -2.37. The average molecular weight is 450 g/mol. The monoisotopic (exact) mass is 449 g/mol. The molecule has 9 heteroatoms. The lowest BCUT2D eigenvalue weighted by Gasteiger charge is -2.31. The molecule has 1 fully saturated rings. The van der Waals surface area contributed by atoms with Crippen LogP contribution in [0.15, 0.2) is 47.4 Å². The van der Waals surface area contributed by atoms with Crippen molar-refractivity contribution >= 4 is 39.1 Å². The van der Waals surface area contributed by atoms with E-state index in [1.54, 1.807) is 17.8 Å². The van der Waals surface area contributed by atoms with Crippen molar-refractivity contribution in [1.29, 1.82) is 0 Å². The molecule has 2 heterocycles. The molecule has 30 heavy (non-hydrogen) atoms. The normalized spacial score (nSPS) is 23.8. The van der Waals surface area contributed by atoms with Crippen molar-refractivity contribution in [3.63, 3.8) is 0 Å². The Kier molecular flexibility index (Phi) is 5.78. The first-order chi connectivity index (χ1) is 14.3. The Labute approximate surface area is 180 Å². The summed E-state index contributed by atoms with van der Waals surface area (Å²) in [5, 5.41) is 6.25. The Morgan fingerprint density at radius 3 is 2.60 bits per heavy atom. The number of amides is 1. The van der Waals surface area contributed by atoms with Crippen LogP contribution in [0.2, 0.25) is 0 Å². The minimum Gasteiger partial charge on any atom is -0.325 e. The summed E-state index contributed by atoms with van der Waals surface area (Å²) in [4.78, 5) is 12.8. The van der Waals surface area contributed by atoms with E-state index in [0.29, 0.717) is 24.3 Å². The van der Waals surface area contributed by atoms with Gasteiger partial charge in [0.1, 0.15) is 11.1 Å². The van der Waals surface area contributed by atoms with Gasteiger partial charge < -0.3 is 10.6 Å². The van der Waals surface area contributed by atoms with Crippen molar-refractivity contribution in [1.82, 2.24) is 5.32 Å². The van der Waals surface area contributed by atoms with Crippen molar-refractivity contribution in [2.24, 2.45) is 0 Å². The second-order valence-corrected chi connectivity index (χ2v) is 11.0. The molecule has 2 aliphatic rings. The third kappa shape index (κ3) is 4.06. The Balaban J connectivity index is 1.62. The van der Waals surface area contributed by atoms with Crippen LogP contribution in [0.5, 0.6) is 0 Å². The fourth-order valence-electron chi connectivity index (χ4n) is 3.94. The number of thioether (sulfide) groups is 1. The maximum absolute atomic E-state index is 13.3. The smallest absolute Gasteiger partial charge is 0.264 e. The van der Waals surface area contributed by atoms with Crippen LogP contribution in [0, 0.1) is 5.82 Å². The van der Waals surface area contributed by atoms with Gasteiger partial charge in [0.05, 0.1) is 16.0 Å². The van der Waals surface area contributed by atoms with Gasteiger partial charge in [0, 0.05) is 18.3 Å². The molecule has 2 aliphatic heterocycles. The van der Waals surface area contributed by atoms with Crippen LogP contribution in [0.25, 0.3) is 0 Å². The van der Waals surface area contributed by atoms with Crippen molar-refractivity contribution in [3.8, 4) is 0 Å². The molecule has 6 nitrogen and oxygen atoms in total. The number of anilines is 2. The van der Waals surface area contributed by atoms with Crippen LogP contribution < -0.4 is 14.9 Å². The summed E-state index contributed by atoms with van der Waals surface area (Å²) >= 11 is 1.57. The molecule has 3 atom stereocenters. The minimum atomic E-state index is -3.83. The zero-order valence-electron chi connectivity index (χ0n) is 16.8. The van der Waals surface area contributed by atoms with Crippen LogP contribution in [-0.2, 0) is 21.2 Å². The average Bonchev–Trinajstić information content (AvgIpc) is 3.06. The van der Waals surface area contributed by atoms with E-state index in [4.69, 9.17) is 0 Å². The number of fused-ring (bicyclic) bond motifs is 1. The highest BCUT2D eigenvalue weighted by Gasteiger charge is 2.35. The molecule has 0 saturated carbocycles. The third-order valence-electron chi connectivity index (χ3n) is 5.39. The van der Waals surface area contributed by atoms with E-state index in [1.807, 2.05) is 26.0 Å². The summed E-state index contributed by atoms with van der Waals surface area (Å²) < 4.78 is 41.0. The fraction of sp³-hybridized carbons (Fsp3) is 0.381. The number of carbonyl (C=O) groups is 1. The maximum atomic E-state index is 13.3. The second kappa shape index (κ2) is 8.20. The van der Waals surface area contributed by atoms with Gasteiger partial charge in [-0.2, -0.15) is 0 Å². The van der Waals surface area contributed by atoms with E-state index in [0.717, 1.165) is 24.1 Å². The number of carbonyl (C=O) groups excluding carboxylic acids is 1. The summed E-state index contributed by atoms with van der Waals surface area (Å²) in [6.07, 6.45) is 1.45. The number of nitrogens with zero attached hydrogens (tertiary/aromatic N) is 1. The largest absolute Gasteiger partial charge is 0.325 e. The molecule has 3 unspecified atom stereocenters. The quantitative estimate of drug-likeness (QED) is 0.749. The predicted octanol–water partition coefficient (Wildman–Crippen LogP) is 3.35. The standard InChI is InChI=1S/C21H24FN3O3S2/c1-13-20(29-14(2)23-13)21(26)24-17-8-5-15-4-3-11-25(19(15)12-17)30(27,28)18-9-6-16(22)7-10-18/h5-10,12-14,20,23H,3-4,11H2,1-2H3,(H,24,26). The number of hydrogen-bond donors (Lipinski definition) is 2. The van der Waals surface area contributed by atoms with E-state index in [1.165, 1.54) is 16.4 Å². The predicted molar refractivity (Wildman–Crippen MR) is 118 cm³/mol. The van der Waals surface area contributed by atoms with Crippen LogP contribution in [-0.4, -0.2) is 37.5 Å². The first-order valence-corrected chi connectivity index (χ1v) is 12.3. The zero-order valence-corrected chi connectivity index (χ0v) is 18.4. The molecule has 1 saturated heterocycles. The molecule has 0 radical (unpaired) electrons. The number of hydrogen-bond acceptors (Lipinski definition) is 5. The van der Waals surface area contributed by atoms with Gasteiger partial charge in [-0.1, -0.05) is 6.07 Å². The van der Waals surface area contributed by atoms with E-state index < -0.39 is 15.8 Å². The molecule has 2 aromatic carbocycles. The SMILES string of the molecule is CC1NC(C)C(C(=O)Nc2ccc3c(c2)N(S(=O)(=O)c2ccc(F)cc2)CCC3)S1. The van der Waals surface area contributed by atoms with E-state index in [9.17, 15) is 17.6 Å². The highest BCUT2D eigenvalue weighted by atomic mass is 32.2. The third-order valence-corrected chi connectivity index (χ3v) is 8.68. The topological polar surface area (TPSA) is 78.5 Å². The molecule has 0 aliphatic carbocycles. The summed E-state index contributed by atoms with van der Waals surface area (Å²) in [6.45, 7) is 4.33. The molecule has 1 amide bonds. The van der Waals surface area contributed by atoms with Gasteiger partial charge in [-0.15, -0.1) is 11.8 Å². The van der Waals surface area contributed by atoms with Crippen molar-refractivity contribution < 1.29 is 17.6 Å². The maximum Gasteiger partial charge on any atom is 0.264 e. The lowest BCUT2D eigenvalue weighted by atomic mass is 10.0. The van der Waals surface area contributed by atoms with Crippen LogP contribution in [0.4, 0.5) is 15.8 Å². The van der Waals surface area contributed by atoms with E-state index in [2.05, 4.69) is 10.6 Å². The molecule has 0 spiro atoms. The summed E-state index contributed by atoms with van der Waals surface area (Å²) in [6, 6.07) is 10.3. The van der Waals surface area contributed by atoms with Gasteiger partial charge in [-0.3, -0.25) is 9.10 Å². The van der Waals surface area contributed by atoms with Crippen molar-refractivity contribution in [2.45, 2.75) is 48.3 Å². The zero-order chi connectivity index (χ0) is 21.5. The number of benzene rings is 2. The molecular formula is C21H24FN3O3S2. The number of rotatable bonds is 4. The highest BCUT2D eigenvalue weighted by Crippen LogP contribution is 2.35. The molecule has 4 rings (SSSR count). The van der Waals surface area contributed by atoms with Gasteiger partial charge in [-0.05, 0) is 68.7 Å². The Morgan fingerprint density at radius 2 is 1.93 bits per heavy atom. The van der Waals surface area contributed by atoms with Gasteiger partial charge in [0.25, 0.3) is 10.0 Å². The van der Waals surface area contributed by atoms with Crippen LogP contribution in [0.1, 0.15) is 25.8 Å². The number of halogens is 1. The van der Waals surface area contributed by atoms with Crippen LogP contribution in [0.3, 0.4) is 0 Å². The Morgan fingerprint density at radius 1 is 1.20 bits per heavy atom.